The van der Waals surface area contributed by atoms with E-state index >= 15 is 0 Å². The highest BCUT2D eigenvalue weighted by Gasteiger charge is 2.26. The molecule has 3 rings (SSSR count). The van der Waals surface area contributed by atoms with Crippen LogP contribution in [0, 0.1) is 0 Å². The molecule has 1 unspecified atom stereocenters. The van der Waals surface area contributed by atoms with Crippen LogP contribution in [0.5, 0.6) is 0 Å². The highest BCUT2D eigenvalue weighted by atomic mass is 35.5. The van der Waals surface area contributed by atoms with E-state index in [-0.39, 0.29) is 12.4 Å². The van der Waals surface area contributed by atoms with E-state index in [1.165, 1.54) is 30.7 Å². The molecule has 2 aromatic rings. The second kappa shape index (κ2) is 7.44. The molecule has 1 atom stereocenters. The number of imidazole rings is 1. The predicted molar refractivity (Wildman–Crippen MR) is 94.8 cm³/mol. The van der Waals surface area contributed by atoms with E-state index in [4.69, 9.17) is 10.7 Å². The van der Waals surface area contributed by atoms with Gasteiger partial charge >= 0.3 is 0 Å². The molecule has 0 amide bonds. The molecule has 122 valence electrons. The summed E-state index contributed by atoms with van der Waals surface area (Å²) in [5, 5.41) is 0. The topological polar surface area (TPSA) is 47.1 Å². The Labute approximate surface area is 139 Å². The lowest BCUT2D eigenvalue weighted by Crippen LogP contribution is -2.38. The number of benzene rings is 1. The minimum atomic E-state index is 0. The molecule has 0 bridgehead atoms. The number of fused-ring (bicyclic) bond motifs is 1. The first-order chi connectivity index (χ1) is 10.2. The molecule has 4 nitrogen and oxygen atoms in total. The Morgan fingerprint density at radius 1 is 1.32 bits per heavy atom. The van der Waals surface area contributed by atoms with Crippen LogP contribution in [-0.4, -0.2) is 40.6 Å². The van der Waals surface area contributed by atoms with Crippen molar-refractivity contribution >= 4 is 23.4 Å². The maximum absolute atomic E-state index is 5.72. The summed E-state index contributed by atoms with van der Waals surface area (Å²) in [7, 11) is 0. The smallest absolute Gasteiger partial charge is 0.114 e. The third-order valence-electron chi connectivity index (χ3n) is 4.46. The monoisotopic (exact) mass is 322 g/mol. The van der Waals surface area contributed by atoms with Crippen molar-refractivity contribution in [1.82, 2.24) is 14.5 Å². The first kappa shape index (κ1) is 17.3. The van der Waals surface area contributed by atoms with Crippen LogP contribution in [0.15, 0.2) is 24.3 Å². The first-order valence-corrected chi connectivity index (χ1v) is 8.10. The number of nitrogens with zero attached hydrogens (tertiary/aromatic N) is 3. The van der Waals surface area contributed by atoms with Crippen molar-refractivity contribution < 1.29 is 0 Å². The van der Waals surface area contributed by atoms with Gasteiger partial charge in [-0.25, -0.2) is 4.98 Å². The van der Waals surface area contributed by atoms with E-state index < -0.39 is 0 Å². The summed E-state index contributed by atoms with van der Waals surface area (Å²) in [6.07, 6.45) is 2.48. The van der Waals surface area contributed by atoms with Crippen LogP contribution in [0.1, 0.15) is 44.5 Å². The number of hydrogen-bond acceptors (Lipinski definition) is 3. The molecule has 0 radical (unpaired) electrons. The lowest BCUT2D eigenvalue weighted by Gasteiger charge is -2.32. The van der Waals surface area contributed by atoms with E-state index in [1.807, 2.05) is 0 Å². The SMILES string of the molecule is CC(C)n1c(C2CCCN(CCN)C2)nc2ccccc21.Cl. The van der Waals surface area contributed by atoms with E-state index in [2.05, 4.69) is 47.6 Å². The van der Waals surface area contributed by atoms with Crippen LogP contribution in [0.4, 0.5) is 0 Å². The molecule has 2 N–H and O–H groups in total. The molecule has 1 aliphatic rings. The molecule has 1 fully saturated rings. The number of piperidine rings is 1. The van der Waals surface area contributed by atoms with Crippen molar-refractivity contribution in [3.05, 3.63) is 30.1 Å². The van der Waals surface area contributed by atoms with E-state index in [0.29, 0.717) is 12.0 Å². The zero-order valence-electron chi connectivity index (χ0n) is 13.5. The second-order valence-electron chi connectivity index (χ2n) is 6.35. The average Bonchev–Trinajstić information content (AvgIpc) is 2.87. The quantitative estimate of drug-likeness (QED) is 0.940. The van der Waals surface area contributed by atoms with Crippen molar-refractivity contribution in [3.63, 3.8) is 0 Å². The van der Waals surface area contributed by atoms with E-state index in [1.54, 1.807) is 0 Å². The van der Waals surface area contributed by atoms with Gasteiger partial charge in [0, 0.05) is 31.6 Å². The Balaban J connectivity index is 0.00000176. The lowest BCUT2D eigenvalue weighted by molar-refractivity contribution is 0.207. The van der Waals surface area contributed by atoms with Gasteiger partial charge in [0.15, 0.2) is 0 Å². The standard InChI is InChI=1S/C17H26N4.ClH/c1-13(2)21-16-8-4-3-7-15(16)19-17(21)14-6-5-10-20(12-14)11-9-18;/h3-4,7-8,13-14H,5-6,9-12,18H2,1-2H3;1H. The molecule has 2 heterocycles. The van der Waals surface area contributed by atoms with Crippen molar-refractivity contribution in [2.24, 2.45) is 5.73 Å². The average molecular weight is 323 g/mol. The summed E-state index contributed by atoms with van der Waals surface area (Å²) in [4.78, 5) is 7.44. The predicted octanol–water partition coefficient (Wildman–Crippen LogP) is 3.18. The fraction of sp³-hybridized carbons (Fsp3) is 0.588. The van der Waals surface area contributed by atoms with Gasteiger partial charge in [-0.15, -0.1) is 12.4 Å². The minimum absolute atomic E-state index is 0. The summed E-state index contributed by atoms with van der Waals surface area (Å²) in [5.74, 6) is 1.79. The number of nitrogens with two attached hydrogens (primary N) is 1. The maximum atomic E-state index is 5.72. The number of likely N-dealkylation sites (tertiary alicyclic amines) is 1. The van der Waals surface area contributed by atoms with Crippen molar-refractivity contribution in [1.29, 1.82) is 0 Å². The van der Waals surface area contributed by atoms with Gasteiger partial charge in [0.1, 0.15) is 5.82 Å². The minimum Gasteiger partial charge on any atom is -0.329 e. The third kappa shape index (κ3) is 3.29. The number of para-hydroxylation sites is 2. The zero-order valence-corrected chi connectivity index (χ0v) is 14.4. The van der Waals surface area contributed by atoms with E-state index in [0.717, 1.165) is 25.2 Å². The van der Waals surface area contributed by atoms with Crippen LogP contribution in [0.25, 0.3) is 11.0 Å². The molecular weight excluding hydrogens is 296 g/mol. The molecule has 5 heteroatoms. The van der Waals surface area contributed by atoms with Gasteiger partial charge in [0.05, 0.1) is 11.0 Å². The largest absolute Gasteiger partial charge is 0.329 e. The maximum Gasteiger partial charge on any atom is 0.114 e. The van der Waals surface area contributed by atoms with Crippen molar-refractivity contribution in [2.75, 3.05) is 26.2 Å². The third-order valence-corrected chi connectivity index (χ3v) is 4.46. The highest BCUT2D eigenvalue weighted by molar-refractivity contribution is 5.85. The summed E-state index contributed by atoms with van der Waals surface area (Å²) in [5.41, 5.74) is 8.11. The van der Waals surface area contributed by atoms with Gasteiger partial charge in [-0.2, -0.15) is 0 Å². The zero-order chi connectivity index (χ0) is 14.8. The molecule has 0 aliphatic carbocycles. The highest BCUT2D eigenvalue weighted by Crippen LogP contribution is 2.31. The van der Waals surface area contributed by atoms with Gasteiger partial charge in [-0.1, -0.05) is 12.1 Å². The van der Waals surface area contributed by atoms with Gasteiger partial charge in [0.25, 0.3) is 0 Å². The van der Waals surface area contributed by atoms with Gasteiger partial charge in [-0.05, 0) is 45.4 Å². The summed E-state index contributed by atoms with van der Waals surface area (Å²) >= 11 is 0. The van der Waals surface area contributed by atoms with Crippen LogP contribution >= 0.6 is 12.4 Å². The molecule has 0 saturated carbocycles. The second-order valence-corrected chi connectivity index (χ2v) is 6.35. The van der Waals surface area contributed by atoms with Crippen molar-refractivity contribution in [2.45, 2.75) is 38.6 Å². The Hall–Kier alpha value is -1.10. The Morgan fingerprint density at radius 3 is 2.82 bits per heavy atom. The number of rotatable bonds is 4. The van der Waals surface area contributed by atoms with Crippen LogP contribution in [-0.2, 0) is 0 Å². The van der Waals surface area contributed by atoms with Crippen LogP contribution in [0.3, 0.4) is 0 Å². The lowest BCUT2D eigenvalue weighted by atomic mass is 9.97. The summed E-state index contributed by atoms with van der Waals surface area (Å²) in [6.45, 7) is 8.50. The molecule has 1 aromatic carbocycles. The number of hydrogen-bond donors (Lipinski definition) is 1. The first-order valence-electron chi connectivity index (χ1n) is 8.10. The van der Waals surface area contributed by atoms with Crippen LogP contribution in [0.2, 0.25) is 0 Å². The Morgan fingerprint density at radius 2 is 2.09 bits per heavy atom. The Kier molecular flexibility index (Phi) is 5.84. The van der Waals surface area contributed by atoms with E-state index in [9.17, 15) is 0 Å². The van der Waals surface area contributed by atoms with Crippen molar-refractivity contribution in [3.8, 4) is 0 Å². The normalized spacial score (nSPS) is 19.5. The summed E-state index contributed by atoms with van der Waals surface area (Å²) < 4.78 is 2.42. The van der Waals surface area contributed by atoms with Gasteiger partial charge in [-0.3, -0.25) is 0 Å². The van der Waals surface area contributed by atoms with Crippen LogP contribution < -0.4 is 5.73 Å². The molecule has 0 spiro atoms. The van der Waals surface area contributed by atoms with Gasteiger partial charge in [0.2, 0.25) is 0 Å². The molecule has 1 aliphatic heterocycles. The fourth-order valence-electron chi connectivity index (χ4n) is 3.55. The molecular formula is C17H27ClN4. The molecule has 1 saturated heterocycles. The Bertz CT molecular complexity index is 606. The summed E-state index contributed by atoms with van der Waals surface area (Å²) in [6, 6.07) is 8.93. The fourth-order valence-corrected chi connectivity index (χ4v) is 3.55. The molecule has 22 heavy (non-hydrogen) atoms. The number of halogens is 1. The molecule has 1 aromatic heterocycles. The van der Waals surface area contributed by atoms with Gasteiger partial charge < -0.3 is 15.2 Å². The number of aromatic nitrogens is 2.